The van der Waals surface area contributed by atoms with Crippen LogP contribution in [0.2, 0.25) is 0 Å². The number of hydrogen-bond donors (Lipinski definition) is 1. The van der Waals surface area contributed by atoms with Crippen LogP contribution in [0.3, 0.4) is 0 Å². The number of likely N-dealkylation sites (N-methyl/N-ethyl adjacent to an activating group) is 1. The molecule has 0 aliphatic heterocycles. The Morgan fingerprint density at radius 3 is 2.56 bits per heavy atom. The van der Waals surface area contributed by atoms with Crippen molar-refractivity contribution in [2.45, 2.75) is 0 Å². The zero-order valence-electron chi connectivity index (χ0n) is 9.37. The first-order valence-electron chi connectivity index (χ1n) is 4.78. The fourth-order valence-corrected chi connectivity index (χ4v) is 1.60. The predicted octanol–water partition coefficient (Wildman–Crippen LogP) is 2.16. The van der Waals surface area contributed by atoms with Crippen LogP contribution < -0.4 is 5.32 Å². The van der Waals surface area contributed by atoms with Crippen LogP contribution in [0.4, 0.5) is 0 Å². The molecule has 90 valence electrons. The maximum atomic E-state index is 11.7. The monoisotopic (exact) mass is 306 g/mol. The van der Waals surface area contributed by atoms with Gasteiger partial charge in [0, 0.05) is 17.6 Å². The second-order valence-electron chi connectivity index (χ2n) is 3.54. The first kappa shape index (κ1) is 15.4. The van der Waals surface area contributed by atoms with Gasteiger partial charge in [-0.25, -0.2) is 0 Å². The lowest BCUT2D eigenvalue weighted by Crippen LogP contribution is -2.31. The number of carbonyl (C=O) groups excluding carboxylic acids is 1. The summed E-state index contributed by atoms with van der Waals surface area (Å²) in [6, 6.07) is 7.40. The van der Waals surface area contributed by atoms with Crippen LogP contribution in [-0.2, 0) is 0 Å². The van der Waals surface area contributed by atoms with E-state index in [1.54, 1.807) is 6.07 Å². The Bertz CT molecular complexity index is 345. The Morgan fingerprint density at radius 1 is 1.38 bits per heavy atom. The first-order chi connectivity index (χ1) is 7.11. The van der Waals surface area contributed by atoms with Crippen LogP contribution in [0.25, 0.3) is 0 Å². The minimum Gasteiger partial charge on any atom is -0.351 e. The average molecular weight is 308 g/mol. The van der Waals surface area contributed by atoms with Crippen molar-refractivity contribution < 1.29 is 4.79 Å². The van der Waals surface area contributed by atoms with E-state index in [1.165, 1.54) is 0 Å². The molecule has 0 bridgehead atoms. The maximum absolute atomic E-state index is 11.7. The van der Waals surface area contributed by atoms with Crippen molar-refractivity contribution in [1.29, 1.82) is 0 Å². The van der Waals surface area contributed by atoms with Crippen molar-refractivity contribution in [1.82, 2.24) is 10.2 Å². The normalized spacial score (nSPS) is 9.75. The fraction of sp³-hybridized carbons (Fsp3) is 0.364. The molecule has 0 aliphatic rings. The molecule has 0 heterocycles. The Morgan fingerprint density at radius 2 is 2.00 bits per heavy atom. The summed E-state index contributed by atoms with van der Waals surface area (Å²) in [4.78, 5) is 13.7. The van der Waals surface area contributed by atoms with Gasteiger partial charge in [-0.15, -0.1) is 12.4 Å². The highest BCUT2D eigenvalue weighted by atomic mass is 79.9. The Kier molecular flexibility index (Phi) is 7.38. The van der Waals surface area contributed by atoms with Gasteiger partial charge >= 0.3 is 0 Å². The number of nitrogens with zero attached hydrogens (tertiary/aromatic N) is 1. The number of hydrogen-bond acceptors (Lipinski definition) is 2. The molecule has 0 aromatic heterocycles. The molecular weight excluding hydrogens is 291 g/mol. The van der Waals surface area contributed by atoms with Gasteiger partial charge in [0.15, 0.2) is 0 Å². The Labute approximate surface area is 111 Å². The fourth-order valence-electron chi connectivity index (χ4n) is 1.13. The summed E-state index contributed by atoms with van der Waals surface area (Å²) in [5.41, 5.74) is 0.677. The number of benzene rings is 1. The lowest BCUT2D eigenvalue weighted by molar-refractivity contribution is 0.0950. The maximum Gasteiger partial charge on any atom is 0.252 e. The second-order valence-corrected chi connectivity index (χ2v) is 4.39. The summed E-state index contributed by atoms with van der Waals surface area (Å²) in [6.07, 6.45) is 0. The lowest BCUT2D eigenvalue weighted by Gasteiger charge is -2.10. The second kappa shape index (κ2) is 7.65. The van der Waals surface area contributed by atoms with Gasteiger partial charge < -0.3 is 10.2 Å². The highest BCUT2D eigenvalue weighted by molar-refractivity contribution is 9.10. The van der Waals surface area contributed by atoms with E-state index in [-0.39, 0.29) is 18.3 Å². The van der Waals surface area contributed by atoms with E-state index >= 15 is 0 Å². The third-order valence-electron chi connectivity index (χ3n) is 1.96. The molecule has 5 heteroatoms. The first-order valence-corrected chi connectivity index (χ1v) is 5.58. The summed E-state index contributed by atoms with van der Waals surface area (Å²) < 4.78 is 0.826. The van der Waals surface area contributed by atoms with Crippen molar-refractivity contribution >= 4 is 34.2 Å². The summed E-state index contributed by atoms with van der Waals surface area (Å²) in [5.74, 6) is -0.0377. The zero-order chi connectivity index (χ0) is 11.3. The van der Waals surface area contributed by atoms with Gasteiger partial charge in [0.2, 0.25) is 0 Å². The van der Waals surface area contributed by atoms with Crippen LogP contribution in [-0.4, -0.2) is 38.0 Å². The minimum absolute atomic E-state index is 0. The van der Waals surface area contributed by atoms with Gasteiger partial charge in [-0.05, 0) is 42.2 Å². The molecule has 0 aliphatic carbocycles. The Balaban J connectivity index is 0.00000225. The SMILES string of the molecule is CN(C)CCNC(=O)c1ccccc1Br.Cl. The van der Waals surface area contributed by atoms with Crippen LogP contribution >= 0.6 is 28.3 Å². The zero-order valence-corrected chi connectivity index (χ0v) is 11.8. The third-order valence-corrected chi connectivity index (χ3v) is 2.65. The van der Waals surface area contributed by atoms with Crippen LogP contribution in [0.5, 0.6) is 0 Å². The van der Waals surface area contributed by atoms with Crippen molar-refractivity contribution in [3.63, 3.8) is 0 Å². The van der Waals surface area contributed by atoms with Gasteiger partial charge in [0.25, 0.3) is 5.91 Å². The van der Waals surface area contributed by atoms with E-state index < -0.39 is 0 Å². The lowest BCUT2D eigenvalue weighted by atomic mass is 10.2. The molecule has 1 aromatic rings. The standard InChI is InChI=1S/C11H15BrN2O.ClH/c1-14(2)8-7-13-11(15)9-5-3-4-6-10(9)12;/h3-6H,7-8H2,1-2H3,(H,13,15);1H. The highest BCUT2D eigenvalue weighted by Gasteiger charge is 2.07. The van der Waals surface area contributed by atoms with Crippen LogP contribution in [0.1, 0.15) is 10.4 Å². The largest absolute Gasteiger partial charge is 0.351 e. The molecule has 0 spiro atoms. The van der Waals surface area contributed by atoms with Crippen molar-refractivity contribution in [3.05, 3.63) is 34.3 Å². The van der Waals surface area contributed by atoms with E-state index in [2.05, 4.69) is 21.2 Å². The van der Waals surface area contributed by atoms with Crippen molar-refractivity contribution in [2.75, 3.05) is 27.2 Å². The summed E-state index contributed by atoms with van der Waals surface area (Å²) >= 11 is 3.35. The van der Waals surface area contributed by atoms with Crippen LogP contribution in [0, 0.1) is 0 Å². The molecule has 16 heavy (non-hydrogen) atoms. The van der Waals surface area contributed by atoms with Crippen molar-refractivity contribution in [3.8, 4) is 0 Å². The molecule has 1 rings (SSSR count). The molecule has 0 saturated heterocycles. The summed E-state index contributed by atoms with van der Waals surface area (Å²) in [7, 11) is 3.95. The summed E-state index contributed by atoms with van der Waals surface area (Å²) in [5, 5.41) is 2.86. The van der Waals surface area contributed by atoms with Gasteiger partial charge in [-0.3, -0.25) is 4.79 Å². The quantitative estimate of drug-likeness (QED) is 0.924. The number of carbonyl (C=O) groups is 1. The molecule has 0 atom stereocenters. The predicted molar refractivity (Wildman–Crippen MR) is 72.3 cm³/mol. The molecule has 3 nitrogen and oxygen atoms in total. The topological polar surface area (TPSA) is 32.3 Å². The number of rotatable bonds is 4. The van der Waals surface area contributed by atoms with Gasteiger partial charge in [0.05, 0.1) is 5.56 Å². The molecule has 1 amide bonds. The van der Waals surface area contributed by atoms with Gasteiger partial charge in [0.1, 0.15) is 0 Å². The summed E-state index contributed by atoms with van der Waals surface area (Å²) in [6.45, 7) is 1.50. The molecule has 0 unspecified atom stereocenters. The molecule has 0 saturated carbocycles. The molecule has 0 fully saturated rings. The molecule has 1 aromatic carbocycles. The van der Waals surface area contributed by atoms with Gasteiger partial charge in [-0.2, -0.15) is 0 Å². The van der Waals surface area contributed by atoms with E-state index in [0.29, 0.717) is 12.1 Å². The third kappa shape index (κ3) is 4.96. The minimum atomic E-state index is -0.0377. The van der Waals surface area contributed by atoms with E-state index in [9.17, 15) is 4.79 Å². The van der Waals surface area contributed by atoms with E-state index in [4.69, 9.17) is 0 Å². The smallest absolute Gasteiger partial charge is 0.252 e. The number of nitrogens with one attached hydrogen (secondary N) is 1. The highest BCUT2D eigenvalue weighted by Crippen LogP contribution is 2.15. The van der Waals surface area contributed by atoms with Crippen LogP contribution in [0.15, 0.2) is 28.7 Å². The average Bonchev–Trinajstić information content (AvgIpc) is 2.17. The molecule has 1 N–H and O–H groups in total. The van der Waals surface area contributed by atoms with E-state index in [1.807, 2.05) is 37.2 Å². The number of amides is 1. The van der Waals surface area contributed by atoms with Gasteiger partial charge in [-0.1, -0.05) is 12.1 Å². The van der Waals surface area contributed by atoms with Crippen molar-refractivity contribution in [2.24, 2.45) is 0 Å². The Hall–Kier alpha value is -0.580. The van der Waals surface area contributed by atoms with E-state index in [0.717, 1.165) is 11.0 Å². The molecular formula is C11H16BrClN2O. The molecule has 0 radical (unpaired) electrons. The number of halogens is 2.